The van der Waals surface area contributed by atoms with E-state index in [4.69, 9.17) is 15.2 Å². The summed E-state index contributed by atoms with van der Waals surface area (Å²) in [6, 6.07) is 23.9. The Balaban J connectivity index is 1.78. The molecule has 8 heteroatoms. The summed E-state index contributed by atoms with van der Waals surface area (Å²) in [5.74, 6) is -0.530. The summed E-state index contributed by atoms with van der Waals surface area (Å²) >= 11 is 0. The summed E-state index contributed by atoms with van der Waals surface area (Å²) in [5, 5.41) is 10.0. The van der Waals surface area contributed by atoms with Gasteiger partial charge in [0, 0.05) is 11.1 Å². The van der Waals surface area contributed by atoms with Gasteiger partial charge >= 0.3 is 0 Å². The molecule has 0 radical (unpaired) electrons. The first-order valence-corrected chi connectivity index (χ1v) is 12.4. The zero-order valence-corrected chi connectivity index (χ0v) is 20.0. The minimum absolute atomic E-state index is 0.0201. The van der Waals surface area contributed by atoms with Gasteiger partial charge in [0.1, 0.15) is 22.3 Å². The number of para-hydroxylation sites is 2. The molecule has 0 aliphatic carbocycles. The molecule has 0 spiro atoms. The Morgan fingerprint density at radius 2 is 1.83 bits per heavy atom. The highest BCUT2D eigenvalue weighted by molar-refractivity contribution is 7.96. The summed E-state index contributed by atoms with van der Waals surface area (Å²) < 4.78 is 41.4. The molecule has 7 nitrogen and oxygen atoms in total. The fourth-order valence-electron chi connectivity index (χ4n) is 4.67. The standard InChI is InChI=1S/C27H23N3O4S/c1-17-8-7-9-18(14-17)16-30-22-12-5-3-10-19(22)25-26(35(30,31)32)24(21(15-28)27(29)34-25)20-11-4-6-13-23(20)33-2/h3-14,24H,16,29H2,1-2H3/t24-/m0/s1. The van der Waals surface area contributed by atoms with E-state index in [1.165, 1.54) is 11.4 Å². The molecule has 0 saturated heterocycles. The maximum absolute atomic E-state index is 14.3. The van der Waals surface area contributed by atoms with Crippen molar-refractivity contribution in [2.24, 2.45) is 5.73 Å². The van der Waals surface area contributed by atoms with E-state index in [1.54, 1.807) is 42.5 Å². The van der Waals surface area contributed by atoms with E-state index in [-0.39, 0.29) is 28.7 Å². The Bertz CT molecular complexity index is 1550. The molecule has 2 aliphatic rings. The first kappa shape index (κ1) is 22.6. The second-order valence-electron chi connectivity index (χ2n) is 8.38. The van der Waals surface area contributed by atoms with Gasteiger partial charge in [-0.25, -0.2) is 8.42 Å². The molecule has 2 heterocycles. The number of hydrogen-bond donors (Lipinski definition) is 1. The molecule has 0 bridgehead atoms. The number of fused-ring (bicyclic) bond motifs is 2. The molecule has 0 amide bonds. The summed E-state index contributed by atoms with van der Waals surface area (Å²) in [6.45, 7) is 2.08. The van der Waals surface area contributed by atoms with E-state index >= 15 is 0 Å². The number of methoxy groups -OCH3 is 1. The van der Waals surface area contributed by atoms with Crippen molar-refractivity contribution in [1.29, 1.82) is 5.26 Å². The number of allylic oxidation sites excluding steroid dienone is 2. The fourth-order valence-corrected chi connectivity index (χ4v) is 6.58. The molecule has 2 N–H and O–H groups in total. The lowest BCUT2D eigenvalue weighted by molar-refractivity contribution is 0.355. The molecule has 3 aromatic rings. The number of nitrogens with zero attached hydrogens (tertiary/aromatic N) is 2. The van der Waals surface area contributed by atoms with Crippen molar-refractivity contribution in [2.45, 2.75) is 19.4 Å². The third kappa shape index (κ3) is 3.61. The van der Waals surface area contributed by atoms with Crippen molar-refractivity contribution in [3.8, 4) is 11.8 Å². The largest absolute Gasteiger partial charge is 0.496 e. The van der Waals surface area contributed by atoms with Crippen LogP contribution in [0.15, 0.2) is 89.2 Å². The molecule has 0 aromatic heterocycles. The molecule has 5 rings (SSSR count). The predicted octanol–water partition coefficient (Wildman–Crippen LogP) is 4.53. The molecule has 3 aromatic carbocycles. The monoisotopic (exact) mass is 485 g/mol. The van der Waals surface area contributed by atoms with Crippen LogP contribution in [0, 0.1) is 18.3 Å². The quantitative estimate of drug-likeness (QED) is 0.582. The van der Waals surface area contributed by atoms with Crippen LogP contribution in [0.4, 0.5) is 5.69 Å². The first-order valence-electron chi connectivity index (χ1n) is 11.0. The maximum atomic E-state index is 14.3. The zero-order valence-electron chi connectivity index (χ0n) is 19.2. The highest BCUT2D eigenvalue weighted by atomic mass is 32.2. The van der Waals surface area contributed by atoms with Crippen LogP contribution in [0.2, 0.25) is 0 Å². The fraction of sp³-hybridized carbons (Fsp3) is 0.148. The lowest BCUT2D eigenvalue weighted by Gasteiger charge is -2.38. The van der Waals surface area contributed by atoms with Crippen LogP contribution in [0.3, 0.4) is 0 Å². The second-order valence-corrected chi connectivity index (χ2v) is 10.2. The summed E-state index contributed by atoms with van der Waals surface area (Å²) in [4.78, 5) is -0.0286. The van der Waals surface area contributed by atoms with E-state index in [9.17, 15) is 13.7 Å². The molecule has 0 fully saturated rings. The molecule has 0 saturated carbocycles. The molecule has 35 heavy (non-hydrogen) atoms. The predicted molar refractivity (Wildman–Crippen MR) is 133 cm³/mol. The van der Waals surface area contributed by atoms with Gasteiger partial charge in [-0.3, -0.25) is 4.31 Å². The van der Waals surface area contributed by atoms with Gasteiger partial charge in [-0.1, -0.05) is 60.2 Å². The van der Waals surface area contributed by atoms with Gasteiger partial charge in [0.2, 0.25) is 5.88 Å². The van der Waals surface area contributed by atoms with Crippen LogP contribution in [0.25, 0.3) is 5.76 Å². The van der Waals surface area contributed by atoms with Gasteiger partial charge in [0.15, 0.2) is 5.76 Å². The Morgan fingerprint density at radius 1 is 1.09 bits per heavy atom. The van der Waals surface area contributed by atoms with Crippen molar-refractivity contribution in [3.63, 3.8) is 0 Å². The topological polar surface area (TPSA) is 106 Å². The van der Waals surface area contributed by atoms with Crippen molar-refractivity contribution >= 4 is 21.5 Å². The SMILES string of the molecule is COc1ccccc1[C@H]1C(C#N)=C(N)OC2=C1S(=O)(=O)N(Cc1cccc(C)c1)c1ccccc12. The van der Waals surface area contributed by atoms with Crippen molar-refractivity contribution in [2.75, 3.05) is 11.4 Å². The molecule has 0 unspecified atom stereocenters. The third-order valence-corrected chi connectivity index (χ3v) is 8.10. The van der Waals surface area contributed by atoms with Gasteiger partial charge in [-0.2, -0.15) is 5.26 Å². The number of benzene rings is 3. The Hall–Kier alpha value is -4.22. The number of hydrogen-bond acceptors (Lipinski definition) is 6. The van der Waals surface area contributed by atoms with Crippen molar-refractivity contribution in [1.82, 2.24) is 0 Å². The van der Waals surface area contributed by atoms with Crippen molar-refractivity contribution < 1.29 is 17.9 Å². The molecule has 176 valence electrons. The Morgan fingerprint density at radius 3 is 2.57 bits per heavy atom. The number of aryl methyl sites for hydroxylation is 1. The van der Waals surface area contributed by atoms with Crippen LogP contribution >= 0.6 is 0 Å². The minimum atomic E-state index is -4.15. The average molecular weight is 486 g/mol. The second kappa shape index (κ2) is 8.53. The number of rotatable bonds is 4. The number of nitriles is 1. The van der Waals surface area contributed by atoms with E-state index in [0.29, 0.717) is 22.6 Å². The Kier molecular flexibility index (Phi) is 5.50. The minimum Gasteiger partial charge on any atom is -0.496 e. The summed E-state index contributed by atoms with van der Waals surface area (Å²) in [5.41, 5.74) is 9.67. The first-order chi connectivity index (χ1) is 16.9. The number of ether oxygens (including phenoxy) is 2. The summed E-state index contributed by atoms with van der Waals surface area (Å²) in [6.07, 6.45) is 0. The van der Waals surface area contributed by atoms with Gasteiger partial charge in [-0.15, -0.1) is 0 Å². The van der Waals surface area contributed by atoms with Gasteiger partial charge in [0.25, 0.3) is 10.0 Å². The van der Waals surface area contributed by atoms with Gasteiger partial charge < -0.3 is 15.2 Å². The number of anilines is 1. The zero-order chi connectivity index (χ0) is 24.7. The lowest BCUT2D eigenvalue weighted by Crippen LogP contribution is -2.39. The van der Waals surface area contributed by atoms with Crippen LogP contribution in [0.1, 0.15) is 28.2 Å². The highest BCUT2D eigenvalue weighted by Gasteiger charge is 2.47. The molecular formula is C27H23N3O4S. The highest BCUT2D eigenvalue weighted by Crippen LogP contribution is 2.52. The smallest absolute Gasteiger partial charge is 0.265 e. The number of nitrogens with two attached hydrogens (primary N) is 1. The molecular weight excluding hydrogens is 462 g/mol. The van der Waals surface area contributed by atoms with Crippen LogP contribution in [-0.2, 0) is 21.3 Å². The number of sulfonamides is 1. The molecule has 1 atom stereocenters. The van der Waals surface area contributed by atoms with Gasteiger partial charge in [-0.05, 0) is 30.7 Å². The van der Waals surface area contributed by atoms with Gasteiger partial charge in [0.05, 0.1) is 25.3 Å². The van der Waals surface area contributed by atoms with E-state index in [0.717, 1.165) is 11.1 Å². The van der Waals surface area contributed by atoms with Crippen LogP contribution < -0.4 is 14.8 Å². The van der Waals surface area contributed by atoms with Crippen molar-refractivity contribution in [3.05, 3.63) is 111 Å². The maximum Gasteiger partial charge on any atom is 0.265 e. The Labute approximate surface area is 204 Å². The van der Waals surface area contributed by atoms with E-state index < -0.39 is 15.9 Å². The average Bonchev–Trinajstić information content (AvgIpc) is 2.86. The van der Waals surface area contributed by atoms with Crippen LogP contribution in [0.5, 0.6) is 5.75 Å². The van der Waals surface area contributed by atoms with E-state index in [2.05, 4.69) is 6.07 Å². The lowest BCUT2D eigenvalue weighted by atomic mass is 9.87. The van der Waals surface area contributed by atoms with Crippen LogP contribution in [-0.4, -0.2) is 15.5 Å². The molecule has 2 aliphatic heterocycles. The summed E-state index contributed by atoms with van der Waals surface area (Å²) in [7, 11) is -2.64. The van der Waals surface area contributed by atoms with E-state index in [1.807, 2.05) is 37.3 Å². The normalized spacial score (nSPS) is 18.3. The third-order valence-electron chi connectivity index (χ3n) is 6.22.